The van der Waals surface area contributed by atoms with E-state index in [-0.39, 0.29) is 24.9 Å². The van der Waals surface area contributed by atoms with Crippen molar-refractivity contribution in [2.24, 2.45) is 13.0 Å². The fourth-order valence-electron chi connectivity index (χ4n) is 3.86. The molecule has 1 saturated carbocycles. The maximum absolute atomic E-state index is 13.3. The summed E-state index contributed by atoms with van der Waals surface area (Å²) in [7, 11) is 1.61. The number of anilines is 2. The van der Waals surface area contributed by atoms with Crippen molar-refractivity contribution in [1.82, 2.24) is 14.5 Å². The highest BCUT2D eigenvalue weighted by atomic mass is 32.2. The van der Waals surface area contributed by atoms with E-state index in [1.807, 2.05) is 0 Å². The highest BCUT2D eigenvalue weighted by molar-refractivity contribution is 7.97. The number of rotatable bonds is 11. The first-order valence-electron chi connectivity index (χ1n) is 11.1. The Balaban J connectivity index is 1.35. The van der Waals surface area contributed by atoms with Crippen LogP contribution < -0.4 is 20.1 Å². The summed E-state index contributed by atoms with van der Waals surface area (Å²) in [5, 5.41) is 10.1. The van der Waals surface area contributed by atoms with Gasteiger partial charge in [0.1, 0.15) is 17.0 Å². The highest BCUT2D eigenvalue weighted by Gasteiger charge is 2.44. The monoisotopic (exact) mass is 533 g/mol. The van der Waals surface area contributed by atoms with E-state index in [2.05, 4.69) is 25.2 Å². The molecule has 3 atom stereocenters. The second kappa shape index (κ2) is 11.1. The fraction of sp³-hybridized carbons (Fsp3) is 0.571. The minimum Gasteiger partial charge on any atom is -0.462 e. The van der Waals surface area contributed by atoms with E-state index in [1.54, 1.807) is 14.0 Å². The molecule has 2 aliphatic rings. The van der Waals surface area contributed by atoms with E-state index in [0.717, 1.165) is 23.3 Å². The van der Waals surface area contributed by atoms with Gasteiger partial charge in [-0.2, -0.15) is 8.78 Å². The number of aromatic nitrogens is 2. The molecule has 0 unspecified atom stereocenters. The van der Waals surface area contributed by atoms with Gasteiger partial charge >= 0.3 is 12.6 Å². The Morgan fingerprint density at radius 1 is 1.40 bits per heavy atom. The molecule has 2 heterocycles. The maximum atomic E-state index is 13.3. The number of hydrogen-bond acceptors (Lipinski definition) is 9. The van der Waals surface area contributed by atoms with Crippen molar-refractivity contribution in [3.63, 3.8) is 0 Å². The van der Waals surface area contributed by atoms with Gasteiger partial charge in [-0.1, -0.05) is 11.9 Å². The van der Waals surface area contributed by atoms with Crippen LogP contribution in [-0.2, 0) is 29.4 Å². The zero-order chi connectivity index (χ0) is 25.1. The molecular formula is C21H26F3N5O4S2. The van der Waals surface area contributed by atoms with Crippen LogP contribution in [0.25, 0.3) is 0 Å². The third kappa shape index (κ3) is 6.22. The van der Waals surface area contributed by atoms with Gasteiger partial charge in [-0.05, 0) is 38.2 Å². The average molecular weight is 534 g/mol. The van der Waals surface area contributed by atoms with Crippen molar-refractivity contribution < 1.29 is 32.2 Å². The van der Waals surface area contributed by atoms with E-state index in [4.69, 9.17) is 4.74 Å². The second-order valence-electron chi connectivity index (χ2n) is 8.17. The van der Waals surface area contributed by atoms with Crippen molar-refractivity contribution in [1.29, 1.82) is 0 Å². The molecular weight excluding hydrogens is 507 g/mol. The summed E-state index contributed by atoms with van der Waals surface area (Å²) >= 11 is 2.75. The number of esters is 1. The molecule has 0 aromatic carbocycles. The topological polar surface area (TPSA) is 107 Å². The molecule has 2 aromatic heterocycles. The Morgan fingerprint density at radius 2 is 2.17 bits per heavy atom. The Morgan fingerprint density at radius 3 is 2.86 bits per heavy atom. The SMILES string of the molecule is CCOC(=O)c1c(NC(=O)[C@H]2C[C@@H]2F)sc2c1C[C@@H](NSCNc1cc(OC(F)F)nn1C)CC2. The van der Waals surface area contributed by atoms with Crippen LogP contribution in [0.3, 0.4) is 0 Å². The molecule has 35 heavy (non-hydrogen) atoms. The predicted octanol–water partition coefficient (Wildman–Crippen LogP) is 3.72. The summed E-state index contributed by atoms with van der Waals surface area (Å²) in [4.78, 5) is 26.0. The van der Waals surface area contributed by atoms with Crippen molar-refractivity contribution in [3.05, 3.63) is 22.1 Å². The zero-order valence-corrected chi connectivity index (χ0v) is 20.7. The van der Waals surface area contributed by atoms with Gasteiger partial charge in [0.15, 0.2) is 0 Å². The van der Waals surface area contributed by atoms with Gasteiger partial charge in [0, 0.05) is 24.0 Å². The maximum Gasteiger partial charge on any atom is 0.388 e. The van der Waals surface area contributed by atoms with Crippen molar-refractivity contribution >= 4 is 46.0 Å². The van der Waals surface area contributed by atoms with Gasteiger partial charge in [-0.15, -0.1) is 16.4 Å². The second-order valence-corrected chi connectivity index (χ2v) is 10.1. The van der Waals surface area contributed by atoms with Crippen molar-refractivity contribution in [2.75, 3.05) is 23.1 Å². The smallest absolute Gasteiger partial charge is 0.388 e. The molecule has 2 aliphatic carbocycles. The van der Waals surface area contributed by atoms with E-state index in [9.17, 15) is 22.8 Å². The third-order valence-electron chi connectivity index (χ3n) is 5.67. The van der Waals surface area contributed by atoms with Crippen LogP contribution in [0, 0.1) is 5.92 Å². The quantitative estimate of drug-likeness (QED) is 0.174. The van der Waals surface area contributed by atoms with Crippen LogP contribution in [0.2, 0.25) is 0 Å². The number of thiophene rings is 1. The molecule has 0 bridgehead atoms. The van der Waals surface area contributed by atoms with E-state index in [1.165, 1.54) is 34.0 Å². The molecule has 3 N–H and O–H groups in total. The molecule has 1 fully saturated rings. The largest absolute Gasteiger partial charge is 0.462 e. The molecule has 0 spiro atoms. The minimum atomic E-state index is -2.94. The number of nitrogens with one attached hydrogen (secondary N) is 3. The lowest BCUT2D eigenvalue weighted by atomic mass is 9.92. The van der Waals surface area contributed by atoms with Crippen LogP contribution in [0.1, 0.15) is 40.6 Å². The normalized spacial score (nSPS) is 20.9. The number of hydrogen-bond donors (Lipinski definition) is 3. The van der Waals surface area contributed by atoms with Gasteiger partial charge in [0.2, 0.25) is 11.8 Å². The fourth-order valence-corrected chi connectivity index (χ4v) is 5.83. The molecule has 14 heteroatoms. The number of amides is 1. The Bertz CT molecular complexity index is 1080. The summed E-state index contributed by atoms with van der Waals surface area (Å²) in [5.74, 6) is -0.775. The lowest BCUT2D eigenvalue weighted by Gasteiger charge is -2.23. The summed E-state index contributed by atoms with van der Waals surface area (Å²) in [6.07, 6.45) is 1.20. The average Bonchev–Trinajstić information content (AvgIpc) is 3.28. The molecule has 0 aliphatic heterocycles. The molecule has 0 radical (unpaired) electrons. The first-order valence-corrected chi connectivity index (χ1v) is 12.9. The minimum absolute atomic E-state index is 0.0588. The molecule has 192 valence electrons. The predicted molar refractivity (Wildman–Crippen MR) is 127 cm³/mol. The van der Waals surface area contributed by atoms with Gasteiger partial charge in [0.05, 0.1) is 24.0 Å². The summed E-state index contributed by atoms with van der Waals surface area (Å²) in [6.45, 7) is -1.02. The number of carbonyl (C=O) groups is 2. The number of halogens is 3. The lowest BCUT2D eigenvalue weighted by molar-refractivity contribution is -0.117. The van der Waals surface area contributed by atoms with E-state index >= 15 is 0 Å². The summed E-state index contributed by atoms with van der Waals surface area (Å²) < 4.78 is 52.3. The summed E-state index contributed by atoms with van der Waals surface area (Å²) in [5.41, 5.74) is 1.20. The van der Waals surface area contributed by atoms with Gasteiger partial charge in [-0.25, -0.2) is 13.9 Å². The Labute approximate surface area is 208 Å². The van der Waals surface area contributed by atoms with Crippen molar-refractivity contribution in [2.45, 2.75) is 51.4 Å². The van der Waals surface area contributed by atoms with Gasteiger partial charge < -0.3 is 20.1 Å². The highest BCUT2D eigenvalue weighted by Crippen LogP contribution is 2.41. The number of nitrogens with zero attached hydrogens (tertiary/aromatic N) is 2. The molecule has 1 amide bonds. The standard InChI is InChI=1S/C21H26F3N5O4S2/c1-3-32-20(31)17-12-6-10(4-5-14(12)35-19(17)26-18(30)11-7-13(11)22)28-34-9-25-15-8-16(27-29(15)2)33-21(23)24/h8,10-11,13,21,25,28H,3-7,9H2,1-2H3,(H,26,30)/t10-,11-,13-/m0/s1. The number of aryl methyl sites for hydroxylation is 2. The number of ether oxygens (including phenoxy) is 2. The van der Waals surface area contributed by atoms with Crippen LogP contribution in [0.4, 0.5) is 24.0 Å². The first-order chi connectivity index (χ1) is 16.8. The van der Waals surface area contributed by atoms with E-state index < -0.39 is 30.6 Å². The molecule has 2 aromatic rings. The number of fused-ring (bicyclic) bond motifs is 1. The third-order valence-corrected chi connectivity index (χ3v) is 7.67. The van der Waals surface area contributed by atoms with Gasteiger partial charge in [0.25, 0.3) is 0 Å². The van der Waals surface area contributed by atoms with E-state index in [0.29, 0.717) is 28.7 Å². The van der Waals surface area contributed by atoms with Crippen LogP contribution in [-0.4, -0.2) is 53.0 Å². The zero-order valence-electron chi connectivity index (χ0n) is 19.1. The van der Waals surface area contributed by atoms with Crippen LogP contribution in [0.5, 0.6) is 5.88 Å². The van der Waals surface area contributed by atoms with Gasteiger partial charge in [-0.3, -0.25) is 9.52 Å². The van der Waals surface area contributed by atoms with Crippen LogP contribution in [0.15, 0.2) is 6.07 Å². The van der Waals surface area contributed by atoms with Crippen LogP contribution >= 0.6 is 23.3 Å². The summed E-state index contributed by atoms with van der Waals surface area (Å²) in [6, 6.07) is 1.45. The molecule has 4 rings (SSSR count). The first kappa shape index (κ1) is 25.6. The molecule has 9 nitrogen and oxygen atoms in total. The Hall–Kier alpha value is -2.45. The lowest BCUT2D eigenvalue weighted by Crippen LogP contribution is -2.31. The number of carbonyl (C=O) groups excluding carboxylic acids is 2. The van der Waals surface area contributed by atoms with Crippen molar-refractivity contribution in [3.8, 4) is 5.88 Å². The molecule has 0 saturated heterocycles. The Kier molecular flexibility index (Phi) is 8.12. The number of alkyl halides is 3.